The first-order valence-corrected chi connectivity index (χ1v) is 7.48. The quantitative estimate of drug-likeness (QED) is 0.890. The number of nitrogens with zero attached hydrogens (tertiary/aromatic N) is 2. The second-order valence-electron chi connectivity index (χ2n) is 6.31. The molecule has 1 spiro atoms. The van der Waals surface area contributed by atoms with Crippen molar-refractivity contribution in [1.82, 2.24) is 15.1 Å². The van der Waals surface area contributed by atoms with E-state index >= 15 is 0 Å². The van der Waals surface area contributed by atoms with Gasteiger partial charge in [-0.3, -0.25) is 4.68 Å². The zero-order valence-electron chi connectivity index (χ0n) is 11.5. The Labute approximate surface area is 110 Å². The number of nitrogens with one attached hydrogen (secondary N) is 1. The molecule has 0 radical (unpaired) electrons. The van der Waals surface area contributed by atoms with Crippen molar-refractivity contribution in [2.75, 3.05) is 0 Å². The van der Waals surface area contributed by atoms with Crippen LogP contribution in [-0.2, 0) is 13.6 Å². The van der Waals surface area contributed by atoms with Crippen molar-refractivity contribution >= 4 is 0 Å². The molecule has 2 fully saturated rings. The van der Waals surface area contributed by atoms with Crippen LogP contribution in [0.4, 0.5) is 0 Å². The van der Waals surface area contributed by atoms with Gasteiger partial charge >= 0.3 is 0 Å². The molecule has 0 saturated heterocycles. The lowest BCUT2D eigenvalue weighted by Gasteiger charge is -2.37. The normalized spacial score (nSPS) is 23.8. The van der Waals surface area contributed by atoms with Crippen molar-refractivity contribution in [3.8, 4) is 0 Å². The lowest BCUT2D eigenvalue weighted by Crippen LogP contribution is -2.36. The molecule has 0 bridgehead atoms. The molecule has 1 aromatic rings. The molecule has 1 aromatic heterocycles. The predicted molar refractivity (Wildman–Crippen MR) is 73.2 cm³/mol. The van der Waals surface area contributed by atoms with Gasteiger partial charge in [-0.05, 0) is 50.0 Å². The maximum absolute atomic E-state index is 4.21. The summed E-state index contributed by atoms with van der Waals surface area (Å²) in [6.45, 7) is 0.966. The van der Waals surface area contributed by atoms with Crippen LogP contribution in [0.1, 0.15) is 57.1 Å². The van der Waals surface area contributed by atoms with E-state index in [-0.39, 0.29) is 0 Å². The highest BCUT2D eigenvalue weighted by Crippen LogP contribution is 2.48. The third-order valence-corrected chi connectivity index (χ3v) is 5.20. The number of rotatable bonds is 3. The van der Waals surface area contributed by atoms with Gasteiger partial charge in [-0.15, -0.1) is 0 Å². The molecule has 1 N–H and O–H groups in total. The summed E-state index contributed by atoms with van der Waals surface area (Å²) in [5.41, 5.74) is 2.04. The summed E-state index contributed by atoms with van der Waals surface area (Å²) in [5, 5.41) is 7.93. The largest absolute Gasteiger partial charge is 0.308 e. The van der Waals surface area contributed by atoms with E-state index in [0.29, 0.717) is 0 Å². The summed E-state index contributed by atoms with van der Waals surface area (Å²) in [6.07, 6.45) is 13.5. The molecule has 3 rings (SSSR count). The van der Waals surface area contributed by atoms with E-state index in [1.807, 2.05) is 17.9 Å². The minimum absolute atomic E-state index is 0.728. The molecule has 2 aliphatic carbocycles. The van der Waals surface area contributed by atoms with E-state index in [1.165, 1.54) is 57.1 Å². The second kappa shape index (κ2) is 5.04. The minimum Gasteiger partial charge on any atom is -0.308 e. The Morgan fingerprint density at radius 3 is 2.61 bits per heavy atom. The van der Waals surface area contributed by atoms with Gasteiger partial charge < -0.3 is 5.32 Å². The smallest absolute Gasteiger partial charge is 0.0518 e. The number of aromatic nitrogens is 2. The highest BCUT2D eigenvalue weighted by Gasteiger charge is 2.37. The van der Waals surface area contributed by atoms with Crippen LogP contribution < -0.4 is 5.32 Å². The fourth-order valence-corrected chi connectivity index (χ4v) is 3.88. The summed E-state index contributed by atoms with van der Waals surface area (Å²) < 4.78 is 1.97. The van der Waals surface area contributed by atoms with Crippen molar-refractivity contribution < 1.29 is 0 Å². The van der Waals surface area contributed by atoms with Crippen molar-refractivity contribution in [1.29, 1.82) is 0 Å². The first-order chi connectivity index (χ1) is 8.77. The molecule has 1 heterocycles. The number of hydrogen-bond acceptors (Lipinski definition) is 2. The van der Waals surface area contributed by atoms with E-state index < -0.39 is 0 Å². The molecule has 0 aliphatic heterocycles. The van der Waals surface area contributed by atoms with Crippen molar-refractivity contribution in [3.05, 3.63) is 18.0 Å². The minimum atomic E-state index is 0.728. The summed E-state index contributed by atoms with van der Waals surface area (Å²) in [6, 6.07) is 2.83. The van der Waals surface area contributed by atoms with Crippen molar-refractivity contribution in [2.24, 2.45) is 12.5 Å². The Morgan fingerprint density at radius 1 is 1.28 bits per heavy atom. The Bertz CT molecular complexity index is 380. The van der Waals surface area contributed by atoms with Gasteiger partial charge in [0, 0.05) is 25.8 Å². The first kappa shape index (κ1) is 12.2. The standard InChI is InChI=1S/C15H25N3/c1-18-14(6-11-17-18)12-16-13-4-9-15(10-5-13)7-2-3-8-15/h6,11,13,16H,2-5,7-10,12H2,1H3. The van der Waals surface area contributed by atoms with E-state index in [4.69, 9.17) is 0 Å². The Balaban J connectivity index is 1.47. The SMILES string of the molecule is Cn1nccc1CNC1CCC2(CCCC2)CC1. The van der Waals surface area contributed by atoms with Crippen LogP contribution in [0.25, 0.3) is 0 Å². The van der Waals surface area contributed by atoms with Gasteiger partial charge in [-0.2, -0.15) is 5.10 Å². The monoisotopic (exact) mass is 247 g/mol. The fourth-order valence-electron chi connectivity index (χ4n) is 3.88. The Hall–Kier alpha value is -0.830. The molecule has 0 aromatic carbocycles. The molecule has 2 aliphatic rings. The van der Waals surface area contributed by atoms with Crippen LogP contribution in [0.3, 0.4) is 0 Å². The number of aryl methyl sites for hydroxylation is 1. The summed E-state index contributed by atoms with van der Waals surface area (Å²) >= 11 is 0. The molecule has 0 atom stereocenters. The zero-order valence-corrected chi connectivity index (χ0v) is 11.5. The van der Waals surface area contributed by atoms with Crippen LogP contribution in [0.5, 0.6) is 0 Å². The molecular formula is C15H25N3. The van der Waals surface area contributed by atoms with E-state index in [0.717, 1.165) is 18.0 Å². The van der Waals surface area contributed by atoms with Crippen LogP contribution in [-0.4, -0.2) is 15.8 Å². The van der Waals surface area contributed by atoms with Gasteiger partial charge in [-0.1, -0.05) is 12.8 Å². The highest BCUT2D eigenvalue weighted by molar-refractivity contribution is 5.00. The second-order valence-corrected chi connectivity index (χ2v) is 6.31. The van der Waals surface area contributed by atoms with Gasteiger partial charge in [0.2, 0.25) is 0 Å². The molecule has 0 amide bonds. The maximum Gasteiger partial charge on any atom is 0.0518 e. The third kappa shape index (κ3) is 2.46. The molecule has 3 heteroatoms. The number of hydrogen-bond donors (Lipinski definition) is 1. The van der Waals surface area contributed by atoms with Gasteiger partial charge in [-0.25, -0.2) is 0 Å². The van der Waals surface area contributed by atoms with E-state index in [2.05, 4.69) is 16.5 Å². The molecule has 2 saturated carbocycles. The molecular weight excluding hydrogens is 222 g/mol. The molecule has 18 heavy (non-hydrogen) atoms. The molecule has 100 valence electrons. The summed E-state index contributed by atoms with van der Waals surface area (Å²) in [4.78, 5) is 0. The van der Waals surface area contributed by atoms with Gasteiger partial charge in [0.25, 0.3) is 0 Å². The van der Waals surface area contributed by atoms with Crippen LogP contribution in [0.15, 0.2) is 12.3 Å². The first-order valence-electron chi connectivity index (χ1n) is 7.48. The fraction of sp³-hybridized carbons (Fsp3) is 0.800. The zero-order chi connectivity index (χ0) is 12.4. The average Bonchev–Trinajstić information content (AvgIpc) is 2.99. The lowest BCUT2D eigenvalue weighted by atomic mass is 9.71. The third-order valence-electron chi connectivity index (χ3n) is 5.20. The Kier molecular flexibility index (Phi) is 3.42. The lowest BCUT2D eigenvalue weighted by molar-refractivity contribution is 0.167. The topological polar surface area (TPSA) is 29.9 Å². The predicted octanol–water partition coefficient (Wildman–Crippen LogP) is 3.01. The summed E-state index contributed by atoms with van der Waals surface area (Å²) in [7, 11) is 2.02. The van der Waals surface area contributed by atoms with Crippen LogP contribution >= 0.6 is 0 Å². The van der Waals surface area contributed by atoms with Gasteiger partial charge in [0.1, 0.15) is 0 Å². The van der Waals surface area contributed by atoms with Gasteiger partial charge in [0.05, 0.1) is 5.69 Å². The maximum atomic E-state index is 4.21. The van der Waals surface area contributed by atoms with Crippen molar-refractivity contribution in [3.63, 3.8) is 0 Å². The summed E-state index contributed by atoms with van der Waals surface area (Å²) in [5.74, 6) is 0. The van der Waals surface area contributed by atoms with Crippen molar-refractivity contribution in [2.45, 2.75) is 64.0 Å². The van der Waals surface area contributed by atoms with E-state index in [9.17, 15) is 0 Å². The van der Waals surface area contributed by atoms with Crippen LogP contribution in [0, 0.1) is 5.41 Å². The highest BCUT2D eigenvalue weighted by atomic mass is 15.3. The Morgan fingerprint density at radius 2 is 2.00 bits per heavy atom. The molecule has 0 unspecified atom stereocenters. The van der Waals surface area contributed by atoms with Gasteiger partial charge in [0.15, 0.2) is 0 Å². The van der Waals surface area contributed by atoms with E-state index in [1.54, 1.807) is 0 Å². The van der Waals surface area contributed by atoms with Crippen LogP contribution in [0.2, 0.25) is 0 Å². The average molecular weight is 247 g/mol. The molecule has 3 nitrogen and oxygen atoms in total.